The van der Waals surface area contributed by atoms with Gasteiger partial charge in [-0.3, -0.25) is 14.5 Å². The van der Waals surface area contributed by atoms with Crippen molar-refractivity contribution in [3.63, 3.8) is 0 Å². The van der Waals surface area contributed by atoms with Crippen molar-refractivity contribution < 1.29 is 60.0 Å². The number of ether oxygens (including phenoxy) is 4. The number of hydrogen-bond donors (Lipinski definition) is 3. The van der Waals surface area contributed by atoms with Gasteiger partial charge in [-0.2, -0.15) is 0 Å². The molecule has 3 N–H and O–H groups in total. The maximum Gasteiger partial charge on any atom is 0.573 e. The van der Waals surface area contributed by atoms with Crippen molar-refractivity contribution in [3.05, 3.63) is 97.3 Å². The van der Waals surface area contributed by atoms with Crippen LogP contribution in [-0.2, 0) is 9.59 Å². The molecular formula is C49H52F6N10O7. The number of nitrogens with zero attached hydrogens (tertiary/aromatic N) is 8. The summed E-state index contributed by atoms with van der Waals surface area (Å²) in [5.74, 6) is 0.255. The van der Waals surface area contributed by atoms with Crippen LogP contribution in [0.5, 0.6) is 23.0 Å². The molecule has 72 heavy (non-hydrogen) atoms. The van der Waals surface area contributed by atoms with Crippen LogP contribution in [0.3, 0.4) is 0 Å². The Balaban J connectivity index is 0.000000193. The number of piperidine rings is 1. The van der Waals surface area contributed by atoms with Crippen LogP contribution in [0.4, 0.5) is 49.6 Å². The fourth-order valence-corrected chi connectivity index (χ4v) is 8.53. The first-order valence-corrected chi connectivity index (χ1v) is 23.3. The second kappa shape index (κ2) is 23.3. The standard InChI is InChI=1S/C26H28F3N5O3.C23H24F3N5O4/c27-26(28,29)37-22-6-4-21(5-7-22)36-17-24(35)31-19-3-8-23-18(15-19)16-30-25(32-23)34-13-9-20(10-14-34)33-11-1-2-12-33;24-23(25,26)35-19-4-2-18(3-5-19)34-15-21(33)28-17-1-6-20-16(13-17)14-27-22(29-20)31-9-7-30(8-10-31)11-12-32/h3-8,15-16,20H,1-2,9-14,17H2,(H,31,35);1-6,13-14,32H,7-12,15H2,(H,28,33). The molecule has 3 saturated heterocycles. The molecule has 3 aliphatic heterocycles. The highest BCUT2D eigenvalue weighted by Crippen LogP contribution is 2.28. The highest BCUT2D eigenvalue weighted by molar-refractivity contribution is 5.95. The number of aromatic nitrogens is 4. The number of aliphatic hydroxyl groups excluding tert-OH is 1. The molecule has 0 unspecified atom stereocenters. The monoisotopic (exact) mass is 1010 g/mol. The van der Waals surface area contributed by atoms with E-state index in [0.29, 0.717) is 29.9 Å². The Kier molecular flexibility index (Phi) is 16.6. The minimum atomic E-state index is -4.77. The van der Waals surface area contributed by atoms with Crippen molar-refractivity contribution in [1.29, 1.82) is 0 Å². The van der Waals surface area contributed by atoms with Gasteiger partial charge < -0.3 is 49.4 Å². The van der Waals surface area contributed by atoms with Crippen LogP contribution >= 0.6 is 0 Å². The Morgan fingerprint density at radius 1 is 0.583 bits per heavy atom. The molecule has 0 bridgehead atoms. The van der Waals surface area contributed by atoms with Crippen molar-refractivity contribution >= 4 is 56.9 Å². The predicted octanol–water partition coefficient (Wildman–Crippen LogP) is 7.27. The maximum absolute atomic E-state index is 12.3. The summed E-state index contributed by atoms with van der Waals surface area (Å²) >= 11 is 0. The molecule has 0 spiro atoms. The Hall–Kier alpha value is -7.24. The molecular weight excluding hydrogens is 955 g/mol. The van der Waals surface area contributed by atoms with E-state index in [1.54, 1.807) is 42.7 Å². The van der Waals surface area contributed by atoms with Crippen molar-refractivity contribution in [1.82, 2.24) is 29.7 Å². The summed E-state index contributed by atoms with van der Waals surface area (Å²) < 4.78 is 91.7. The van der Waals surface area contributed by atoms with Crippen molar-refractivity contribution in [2.75, 3.05) is 99.2 Å². The number of nitrogens with one attached hydrogen (secondary N) is 2. The molecule has 4 aromatic carbocycles. The highest BCUT2D eigenvalue weighted by atomic mass is 19.4. The normalized spacial score (nSPS) is 16.0. The molecule has 0 saturated carbocycles. The van der Waals surface area contributed by atoms with Gasteiger partial charge in [0, 0.05) is 86.4 Å². The number of carbonyl (C=O) groups is 2. The maximum atomic E-state index is 12.3. The molecule has 3 fully saturated rings. The topological polar surface area (TPSA) is 180 Å². The molecule has 5 heterocycles. The van der Waals surface area contributed by atoms with Gasteiger partial charge in [0.15, 0.2) is 13.2 Å². The fraction of sp³-hybridized carbons (Fsp3) is 0.388. The molecule has 23 heteroatoms. The lowest BCUT2D eigenvalue weighted by Gasteiger charge is -2.36. The third kappa shape index (κ3) is 14.9. The number of benzene rings is 4. The third-order valence-corrected chi connectivity index (χ3v) is 12.0. The van der Waals surface area contributed by atoms with E-state index in [4.69, 9.17) is 19.6 Å². The van der Waals surface area contributed by atoms with Crippen LogP contribution < -0.4 is 39.4 Å². The number of hydrogen-bond acceptors (Lipinski definition) is 15. The van der Waals surface area contributed by atoms with Crippen LogP contribution in [0.1, 0.15) is 25.7 Å². The molecule has 6 aromatic rings. The molecule has 9 rings (SSSR count). The number of alkyl halides is 6. The van der Waals surface area contributed by atoms with Crippen molar-refractivity contribution in [2.24, 2.45) is 0 Å². The van der Waals surface area contributed by atoms with E-state index in [1.165, 1.54) is 50.2 Å². The van der Waals surface area contributed by atoms with Gasteiger partial charge in [-0.25, -0.2) is 19.9 Å². The summed E-state index contributed by atoms with van der Waals surface area (Å²) in [6, 6.07) is 20.9. The van der Waals surface area contributed by atoms with Gasteiger partial charge in [0.25, 0.3) is 11.8 Å². The van der Waals surface area contributed by atoms with E-state index in [9.17, 15) is 35.9 Å². The van der Waals surface area contributed by atoms with Gasteiger partial charge >= 0.3 is 12.7 Å². The number of aliphatic hydroxyl groups is 1. The van der Waals surface area contributed by atoms with Crippen LogP contribution in [0.25, 0.3) is 21.8 Å². The lowest BCUT2D eigenvalue weighted by atomic mass is 10.0. The molecule has 2 aromatic heterocycles. The first kappa shape index (κ1) is 51.1. The molecule has 0 aliphatic carbocycles. The lowest BCUT2D eigenvalue weighted by Crippen LogP contribution is -2.47. The van der Waals surface area contributed by atoms with Gasteiger partial charge in [-0.05, 0) is 124 Å². The van der Waals surface area contributed by atoms with Crippen LogP contribution in [0.2, 0.25) is 0 Å². The largest absolute Gasteiger partial charge is 0.573 e. The van der Waals surface area contributed by atoms with Gasteiger partial charge in [-0.1, -0.05) is 0 Å². The van der Waals surface area contributed by atoms with E-state index in [1.807, 2.05) is 6.07 Å². The summed E-state index contributed by atoms with van der Waals surface area (Å²) in [5.41, 5.74) is 2.64. The Bertz CT molecular complexity index is 2750. The number of fused-ring (bicyclic) bond motifs is 2. The summed E-state index contributed by atoms with van der Waals surface area (Å²) in [5, 5.41) is 16.1. The molecule has 382 valence electrons. The number of halogens is 6. The van der Waals surface area contributed by atoms with Crippen LogP contribution in [0, 0.1) is 0 Å². The molecule has 2 amide bonds. The zero-order chi connectivity index (χ0) is 50.7. The van der Waals surface area contributed by atoms with E-state index in [2.05, 4.69) is 54.7 Å². The number of likely N-dealkylation sites (tertiary alicyclic amines) is 1. The van der Waals surface area contributed by atoms with E-state index in [-0.39, 0.29) is 42.8 Å². The first-order chi connectivity index (χ1) is 34.6. The van der Waals surface area contributed by atoms with Gasteiger partial charge in [0.05, 0.1) is 17.6 Å². The van der Waals surface area contributed by atoms with E-state index < -0.39 is 24.5 Å². The fourth-order valence-electron chi connectivity index (χ4n) is 8.53. The summed E-state index contributed by atoms with van der Waals surface area (Å²) in [7, 11) is 0. The Labute approximate surface area is 409 Å². The van der Waals surface area contributed by atoms with Gasteiger partial charge in [0.1, 0.15) is 23.0 Å². The minimum absolute atomic E-state index is 0.144. The lowest BCUT2D eigenvalue weighted by molar-refractivity contribution is -0.275. The number of piperazine rings is 1. The predicted molar refractivity (Wildman–Crippen MR) is 255 cm³/mol. The smallest absolute Gasteiger partial charge is 0.484 e. The number of amides is 2. The second-order valence-corrected chi connectivity index (χ2v) is 17.1. The quantitative estimate of drug-likeness (QED) is 0.0874. The Morgan fingerprint density at radius 3 is 1.44 bits per heavy atom. The summed E-state index contributed by atoms with van der Waals surface area (Å²) in [4.78, 5) is 52.1. The summed E-state index contributed by atoms with van der Waals surface area (Å²) in [6.45, 7) is 7.72. The van der Waals surface area contributed by atoms with Crippen molar-refractivity contribution in [2.45, 2.75) is 44.4 Å². The van der Waals surface area contributed by atoms with Crippen LogP contribution in [-0.4, -0.2) is 144 Å². The Morgan fingerprint density at radius 2 is 1.01 bits per heavy atom. The SMILES string of the molecule is O=C(COc1ccc(OC(F)(F)F)cc1)Nc1ccc2nc(N3CCC(N4CCCC4)CC3)ncc2c1.O=C(COc1ccc(OC(F)(F)F)cc1)Nc1ccc2nc(N3CCN(CCO)CC3)ncc2c1. The van der Waals surface area contributed by atoms with Gasteiger partial charge in [-0.15, -0.1) is 26.3 Å². The highest BCUT2D eigenvalue weighted by Gasteiger charge is 2.32. The number of carbonyl (C=O) groups excluding carboxylic acids is 2. The average molecular weight is 1010 g/mol. The summed E-state index contributed by atoms with van der Waals surface area (Å²) in [6.07, 6.45) is -1.21. The first-order valence-electron chi connectivity index (χ1n) is 23.3. The van der Waals surface area contributed by atoms with E-state index >= 15 is 0 Å². The minimum Gasteiger partial charge on any atom is -0.484 e. The molecule has 3 aliphatic rings. The molecule has 17 nitrogen and oxygen atoms in total. The van der Waals surface area contributed by atoms with E-state index in [0.717, 1.165) is 104 Å². The second-order valence-electron chi connectivity index (χ2n) is 17.1. The number of rotatable bonds is 15. The molecule has 0 radical (unpaired) electrons. The van der Waals surface area contributed by atoms with Crippen LogP contribution in [0.15, 0.2) is 97.3 Å². The number of anilines is 4. The van der Waals surface area contributed by atoms with Crippen molar-refractivity contribution in [3.8, 4) is 23.0 Å². The zero-order valence-electron chi connectivity index (χ0n) is 38.9. The third-order valence-electron chi connectivity index (χ3n) is 12.0. The van der Waals surface area contributed by atoms with Gasteiger partial charge in [0.2, 0.25) is 11.9 Å². The zero-order valence-corrected chi connectivity index (χ0v) is 38.9. The average Bonchev–Trinajstić information content (AvgIpc) is 3.91. The number of β-amino-alcohol motifs (C(OH)–C–C–N with tert-alkyl or cyclic N) is 1. The molecule has 0 atom stereocenters.